The van der Waals surface area contributed by atoms with Crippen molar-refractivity contribution in [2.75, 3.05) is 0 Å². The molecule has 1 heterocycles. The summed E-state index contributed by atoms with van der Waals surface area (Å²) in [7, 11) is 1.48. The minimum Gasteiger partial charge on any atom is -0.480 e. The lowest BCUT2D eigenvalue weighted by Gasteiger charge is -2.13. The van der Waals surface area contributed by atoms with Gasteiger partial charge in [0.1, 0.15) is 11.7 Å². The van der Waals surface area contributed by atoms with E-state index in [1.165, 1.54) is 7.05 Å². The Bertz CT molecular complexity index is 489. The highest BCUT2D eigenvalue weighted by molar-refractivity contribution is 5.94. The average Bonchev–Trinajstić information content (AvgIpc) is 2.64. The van der Waals surface area contributed by atoms with Gasteiger partial charge in [0, 0.05) is 13.1 Å². The number of unbranched alkanes of at least 4 members (excludes halogenated alkanes) is 1. The van der Waals surface area contributed by atoms with E-state index in [9.17, 15) is 14.4 Å². The fraction of sp³-hybridized carbons (Fsp3) is 0.545. The maximum absolute atomic E-state index is 11.7. The number of H-pyrrole nitrogens is 1. The molecular weight excluding hydrogens is 238 g/mol. The summed E-state index contributed by atoms with van der Waals surface area (Å²) in [6.45, 7) is 1.94. The van der Waals surface area contributed by atoms with Crippen LogP contribution in [0.4, 0.5) is 0 Å². The Labute approximate surface area is 104 Å². The molecule has 0 aromatic carbocycles. The first-order valence-electron chi connectivity index (χ1n) is 5.75. The third kappa shape index (κ3) is 3.47. The van der Waals surface area contributed by atoms with Gasteiger partial charge >= 0.3 is 5.97 Å². The van der Waals surface area contributed by atoms with Crippen LogP contribution in [0.2, 0.25) is 0 Å². The van der Waals surface area contributed by atoms with Crippen molar-refractivity contribution in [3.8, 4) is 0 Å². The summed E-state index contributed by atoms with van der Waals surface area (Å²) in [4.78, 5) is 33.9. The summed E-state index contributed by atoms with van der Waals surface area (Å²) in [6.07, 6.45) is 1.93. The van der Waals surface area contributed by atoms with Gasteiger partial charge in [-0.1, -0.05) is 19.8 Å². The molecule has 0 aliphatic carbocycles. The van der Waals surface area contributed by atoms with Crippen molar-refractivity contribution in [3.63, 3.8) is 0 Å². The Morgan fingerprint density at radius 1 is 1.56 bits per heavy atom. The predicted octanol–water partition coefficient (Wildman–Crippen LogP) is 0.0866. The molecule has 0 aliphatic heterocycles. The van der Waals surface area contributed by atoms with Gasteiger partial charge in [0.2, 0.25) is 0 Å². The van der Waals surface area contributed by atoms with Gasteiger partial charge in [-0.25, -0.2) is 4.79 Å². The quantitative estimate of drug-likeness (QED) is 0.669. The van der Waals surface area contributed by atoms with E-state index in [2.05, 4.69) is 10.4 Å². The molecular formula is C11H17N3O4. The number of carbonyl (C=O) groups excluding carboxylic acids is 1. The molecule has 0 radical (unpaired) electrons. The monoisotopic (exact) mass is 255 g/mol. The fourth-order valence-corrected chi connectivity index (χ4v) is 1.51. The van der Waals surface area contributed by atoms with Gasteiger partial charge in [-0.15, -0.1) is 0 Å². The molecule has 1 aromatic heterocycles. The van der Waals surface area contributed by atoms with Gasteiger partial charge in [0.15, 0.2) is 0 Å². The number of carbonyl (C=O) groups is 2. The Hall–Kier alpha value is -2.05. The lowest BCUT2D eigenvalue weighted by molar-refractivity contribution is -0.139. The predicted molar refractivity (Wildman–Crippen MR) is 64.4 cm³/mol. The first kappa shape index (κ1) is 14.0. The summed E-state index contributed by atoms with van der Waals surface area (Å²) in [6, 6.07) is 0.204. The molecule has 0 aliphatic rings. The van der Waals surface area contributed by atoms with Crippen molar-refractivity contribution in [2.24, 2.45) is 7.05 Å². The van der Waals surface area contributed by atoms with Crippen molar-refractivity contribution in [3.05, 3.63) is 22.1 Å². The molecule has 0 bridgehead atoms. The number of rotatable bonds is 6. The fourth-order valence-electron chi connectivity index (χ4n) is 1.51. The van der Waals surface area contributed by atoms with E-state index >= 15 is 0 Å². The van der Waals surface area contributed by atoms with Crippen LogP contribution >= 0.6 is 0 Å². The van der Waals surface area contributed by atoms with Crippen molar-refractivity contribution in [1.82, 2.24) is 15.1 Å². The van der Waals surface area contributed by atoms with Crippen LogP contribution in [0.5, 0.6) is 0 Å². The van der Waals surface area contributed by atoms with Gasteiger partial charge in [0.05, 0.1) is 0 Å². The van der Waals surface area contributed by atoms with E-state index in [-0.39, 0.29) is 11.3 Å². The van der Waals surface area contributed by atoms with Crippen molar-refractivity contribution in [1.29, 1.82) is 0 Å². The maximum atomic E-state index is 11.7. The smallest absolute Gasteiger partial charge is 0.326 e. The molecule has 7 heteroatoms. The SMILES string of the molecule is CCCC[C@H](NC(=O)c1cc(=O)n(C)[nH]1)C(=O)O. The van der Waals surface area contributed by atoms with E-state index < -0.39 is 17.9 Å². The summed E-state index contributed by atoms with van der Waals surface area (Å²) < 4.78 is 1.15. The standard InChI is InChI=1S/C11H17N3O4/c1-3-4-5-7(11(17)18)12-10(16)8-6-9(15)14(2)13-8/h6-7,13H,3-5H2,1-2H3,(H,12,16)(H,17,18)/t7-/m0/s1. The van der Waals surface area contributed by atoms with Gasteiger partial charge in [-0.2, -0.15) is 0 Å². The van der Waals surface area contributed by atoms with Gasteiger partial charge in [-0.3, -0.25) is 19.4 Å². The number of aliphatic carboxylic acids is 1. The number of nitrogens with zero attached hydrogens (tertiary/aromatic N) is 1. The Morgan fingerprint density at radius 3 is 2.67 bits per heavy atom. The third-order valence-corrected chi connectivity index (χ3v) is 2.58. The second-order valence-corrected chi connectivity index (χ2v) is 4.07. The largest absolute Gasteiger partial charge is 0.480 e. The van der Waals surface area contributed by atoms with Crippen LogP contribution in [-0.2, 0) is 11.8 Å². The third-order valence-electron chi connectivity index (χ3n) is 2.58. The number of amides is 1. The highest BCUT2D eigenvalue weighted by Gasteiger charge is 2.21. The topological polar surface area (TPSA) is 104 Å². The number of hydrogen-bond donors (Lipinski definition) is 3. The Balaban J connectivity index is 2.72. The summed E-state index contributed by atoms with van der Waals surface area (Å²) in [5.41, 5.74) is -0.286. The highest BCUT2D eigenvalue weighted by atomic mass is 16.4. The van der Waals surface area contributed by atoms with Gasteiger partial charge < -0.3 is 10.4 Å². The number of carboxylic acid groups (broad SMARTS) is 1. The molecule has 3 N–H and O–H groups in total. The van der Waals surface area contributed by atoms with Crippen LogP contribution in [0, 0.1) is 0 Å². The van der Waals surface area contributed by atoms with Crippen molar-refractivity contribution >= 4 is 11.9 Å². The molecule has 100 valence electrons. The van der Waals surface area contributed by atoms with E-state index in [4.69, 9.17) is 5.11 Å². The maximum Gasteiger partial charge on any atom is 0.326 e. The van der Waals surface area contributed by atoms with E-state index in [0.717, 1.165) is 17.2 Å². The number of nitrogens with one attached hydrogen (secondary N) is 2. The van der Waals surface area contributed by atoms with Crippen LogP contribution < -0.4 is 10.9 Å². The first-order valence-corrected chi connectivity index (χ1v) is 5.75. The van der Waals surface area contributed by atoms with Crippen LogP contribution in [-0.4, -0.2) is 32.8 Å². The van der Waals surface area contributed by atoms with Crippen LogP contribution in [0.15, 0.2) is 10.9 Å². The van der Waals surface area contributed by atoms with E-state index in [1.54, 1.807) is 0 Å². The highest BCUT2D eigenvalue weighted by Crippen LogP contribution is 2.02. The van der Waals surface area contributed by atoms with Crippen LogP contribution in [0.3, 0.4) is 0 Å². The van der Waals surface area contributed by atoms with Crippen molar-refractivity contribution in [2.45, 2.75) is 32.2 Å². The Morgan fingerprint density at radius 2 is 2.22 bits per heavy atom. The Kier molecular flexibility index (Phi) is 4.70. The molecule has 0 spiro atoms. The molecule has 1 aromatic rings. The molecule has 0 fully saturated rings. The van der Waals surface area contributed by atoms with Crippen molar-refractivity contribution < 1.29 is 14.7 Å². The zero-order chi connectivity index (χ0) is 13.7. The lowest BCUT2D eigenvalue weighted by Crippen LogP contribution is -2.40. The molecule has 18 heavy (non-hydrogen) atoms. The second-order valence-electron chi connectivity index (χ2n) is 4.07. The second kappa shape index (κ2) is 6.04. The van der Waals surface area contributed by atoms with E-state index in [1.807, 2.05) is 6.92 Å². The lowest BCUT2D eigenvalue weighted by atomic mass is 10.1. The number of aromatic nitrogens is 2. The van der Waals surface area contributed by atoms with Gasteiger partial charge in [0.25, 0.3) is 11.5 Å². The van der Waals surface area contributed by atoms with Crippen LogP contribution in [0.25, 0.3) is 0 Å². The zero-order valence-electron chi connectivity index (χ0n) is 10.4. The molecule has 1 amide bonds. The summed E-state index contributed by atoms with van der Waals surface area (Å²) in [5.74, 6) is -1.66. The normalized spacial score (nSPS) is 12.1. The minimum absolute atomic E-state index is 0.0604. The molecule has 1 rings (SSSR count). The minimum atomic E-state index is -1.07. The van der Waals surface area contributed by atoms with Gasteiger partial charge in [-0.05, 0) is 6.42 Å². The first-order chi connectivity index (χ1) is 8.45. The molecule has 7 nitrogen and oxygen atoms in total. The number of aryl methyl sites for hydroxylation is 1. The summed E-state index contributed by atoms with van der Waals surface area (Å²) in [5, 5.41) is 13.9. The molecule has 0 saturated heterocycles. The number of carboxylic acids is 1. The number of hydrogen-bond acceptors (Lipinski definition) is 3. The zero-order valence-corrected chi connectivity index (χ0v) is 10.4. The molecule has 0 unspecified atom stereocenters. The number of aromatic amines is 1. The van der Waals surface area contributed by atoms with E-state index in [0.29, 0.717) is 12.8 Å². The molecule has 1 atom stereocenters. The molecule has 0 saturated carbocycles. The average molecular weight is 255 g/mol. The van der Waals surface area contributed by atoms with Crippen LogP contribution in [0.1, 0.15) is 36.7 Å². The summed E-state index contributed by atoms with van der Waals surface area (Å²) >= 11 is 0.